The molecular formula is C22H21NO6. The van der Waals surface area contributed by atoms with Crippen molar-refractivity contribution < 1.29 is 28.5 Å². The van der Waals surface area contributed by atoms with Crippen LogP contribution in [0.15, 0.2) is 24.3 Å². The minimum Gasteiger partial charge on any atom is -0.461 e. The van der Waals surface area contributed by atoms with E-state index < -0.39 is 0 Å². The lowest BCUT2D eigenvalue weighted by molar-refractivity contribution is -0.149. The van der Waals surface area contributed by atoms with Crippen LogP contribution in [-0.2, 0) is 22.5 Å². The molecule has 0 amide bonds. The first-order valence-electron chi connectivity index (χ1n) is 9.81. The Kier molecular flexibility index (Phi) is 3.53. The smallest absolute Gasteiger partial charge is 0.302 e. The summed E-state index contributed by atoms with van der Waals surface area (Å²) in [5.41, 5.74) is 4.61. The molecule has 150 valence electrons. The standard InChI is InChI=1S/C22H21NO6/c1-11(24)29-19-6-12-5-17-18(27-9-26-17)7-14(12)21-20(19)13-3-4-16-22(28-10-25-16)15(13)8-23(21)2/h3-5,7,19-21H,6,8-10H2,1-2H3/t19-,20-,21+/m0/s1. The maximum Gasteiger partial charge on any atom is 0.302 e. The highest BCUT2D eigenvalue weighted by Crippen LogP contribution is 2.54. The highest BCUT2D eigenvalue weighted by Gasteiger charge is 2.47. The Morgan fingerprint density at radius 1 is 1.03 bits per heavy atom. The summed E-state index contributed by atoms with van der Waals surface area (Å²) >= 11 is 0. The second-order valence-electron chi connectivity index (χ2n) is 8.01. The van der Waals surface area contributed by atoms with E-state index in [2.05, 4.69) is 24.1 Å². The van der Waals surface area contributed by atoms with Crippen molar-refractivity contribution in [2.75, 3.05) is 20.6 Å². The molecule has 0 aromatic heterocycles. The van der Waals surface area contributed by atoms with Crippen LogP contribution in [0.2, 0.25) is 0 Å². The Hall–Kier alpha value is -2.93. The summed E-state index contributed by atoms with van der Waals surface area (Å²) in [6.45, 7) is 2.67. The number of carbonyl (C=O) groups is 1. The van der Waals surface area contributed by atoms with Crippen LogP contribution in [0.4, 0.5) is 0 Å². The van der Waals surface area contributed by atoms with E-state index in [0.29, 0.717) is 6.42 Å². The van der Waals surface area contributed by atoms with Crippen molar-refractivity contribution in [3.8, 4) is 23.0 Å². The van der Waals surface area contributed by atoms with E-state index in [1.54, 1.807) is 0 Å². The van der Waals surface area contributed by atoms with E-state index in [1.165, 1.54) is 12.5 Å². The van der Waals surface area contributed by atoms with Crippen LogP contribution in [0.5, 0.6) is 23.0 Å². The Balaban J connectivity index is 1.53. The summed E-state index contributed by atoms with van der Waals surface area (Å²) in [5, 5.41) is 0. The summed E-state index contributed by atoms with van der Waals surface area (Å²) < 4.78 is 28.4. The van der Waals surface area contributed by atoms with Gasteiger partial charge in [0.2, 0.25) is 13.6 Å². The number of likely N-dealkylation sites (N-methyl/N-ethyl adjacent to an activating group) is 1. The van der Waals surface area contributed by atoms with Gasteiger partial charge in [0, 0.05) is 37.4 Å². The normalized spacial score (nSPS) is 25.8. The summed E-state index contributed by atoms with van der Waals surface area (Å²) in [7, 11) is 2.10. The Morgan fingerprint density at radius 3 is 2.62 bits per heavy atom. The summed E-state index contributed by atoms with van der Waals surface area (Å²) in [6.07, 6.45) is 0.362. The topological polar surface area (TPSA) is 66.5 Å². The molecule has 3 aliphatic heterocycles. The molecule has 0 fully saturated rings. The molecule has 0 radical (unpaired) electrons. The predicted octanol–water partition coefficient (Wildman–Crippen LogP) is 2.90. The van der Waals surface area contributed by atoms with Gasteiger partial charge in [-0.05, 0) is 41.9 Å². The molecule has 0 saturated heterocycles. The van der Waals surface area contributed by atoms with Crippen LogP contribution < -0.4 is 18.9 Å². The van der Waals surface area contributed by atoms with E-state index in [1.807, 2.05) is 12.1 Å². The number of carbonyl (C=O) groups excluding carboxylic acids is 1. The Bertz CT molecular complexity index is 1030. The van der Waals surface area contributed by atoms with Crippen molar-refractivity contribution in [3.63, 3.8) is 0 Å². The van der Waals surface area contributed by atoms with Crippen LogP contribution in [0.3, 0.4) is 0 Å². The van der Waals surface area contributed by atoms with Crippen LogP contribution in [0.1, 0.15) is 41.1 Å². The fourth-order valence-electron chi connectivity index (χ4n) is 5.27. The van der Waals surface area contributed by atoms with Gasteiger partial charge < -0.3 is 23.7 Å². The zero-order valence-corrected chi connectivity index (χ0v) is 16.3. The average Bonchev–Trinajstić information content (AvgIpc) is 3.34. The van der Waals surface area contributed by atoms with Crippen molar-refractivity contribution in [1.29, 1.82) is 0 Å². The second-order valence-corrected chi connectivity index (χ2v) is 8.01. The maximum atomic E-state index is 11.9. The van der Waals surface area contributed by atoms with E-state index in [0.717, 1.165) is 46.2 Å². The lowest BCUT2D eigenvalue weighted by Crippen LogP contribution is -2.45. The molecule has 29 heavy (non-hydrogen) atoms. The largest absolute Gasteiger partial charge is 0.461 e. The molecule has 7 nitrogen and oxygen atoms in total. The second kappa shape index (κ2) is 6.03. The zero-order chi connectivity index (χ0) is 19.7. The molecule has 7 heteroatoms. The van der Waals surface area contributed by atoms with Gasteiger partial charge in [-0.3, -0.25) is 9.69 Å². The lowest BCUT2D eigenvalue weighted by Gasteiger charge is -2.47. The minimum absolute atomic E-state index is 0.00461. The zero-order valence-electron chi connectivity index (χ0n) is 16.3. The van der Waals surface area contributed by atoms with Crippen LogP contribution >= 0.6 is 0 Å². The monoisotopic (exact) mass is 395 g/mol. The number of benzene rings is 2. The highest BCUT2D eigenvalue weighted by molar-refractivity contribution is 5.67. The summed E-state index contributed by atoms with van der Waals surface area (Å²) in [6, 6.07) is 8.25. The predicted molar refractivity (Wildman–Crippen MR) is 101 cm³/mol. The third kappa shape index (κ3) is 2.43. The van der Waals surface area contributed by atoms with E-state index in [-0.39, 0.29) is 37.6 Å². The third-order valence-corrected chi connectivity index (χ3v) is 6.35. The van der Waals surface area contributed by atoms with Crippen molar-refractivity contribution >= 4 is 5.97 Å². The van der Waals surface area contributed by atoms with Gasteiger partial charge in [0.25, 0.3) is 0 Å². The van der Waals surface area contributed by atoms with Crippen LogP contribution in [0, 0.1) is 0 Å². The Labute approximate surface area is 168 Å². The van der Waals surface area contributed by atoms with Gasteiger partial charge in [-0.2, -0.15) is 0 Å². The first-order valence-corrected chi connectivity index (χ1v) is 9.81. The molecule has 2 aromatic rings. The SMILES string of the molecule is CC(=O)O[C@H]1Cc2cc3c(cc2[C@@H]2[C@H]1c1ccc4c(c1CN2C)OCO4)OCO3. The van der Waals surface area contributed by atoms with E-state index in [9.17, 15) is 4.79 Å². The lowest BCUT2D eigenvalue weighted by atomic mass is 9.70. The van der Waals surface area contributed by atoms with Gasteiger partial charge in [-0.15, -0.1) is 0 Å². The number of esters is 1. The van der Waals surface area contributed by atoms with Gasteiger partial charge in [0.15, 0.2) is 23.0 Å². The van der Waals surface area contributed by atoms with Crippen molar-refractivity contribution in [2.45, 2.75) is 38.0 Å². The quantitative estimate of drug-likeness (QED) is 0.688. The third-order valence-electron chi connectivity index (χ3n) is 6.35. The maximum absolute atomic E-state index is 11.9. The molecule has 0 saturated carbocycles. The number of hydrogen-bond acceptors (Lipinski definition) is 7. The number of hydrogen-bond donors (Lipinski definition) is 0. The molecule has 4 aliphatic rings. The molecule has 0 N–H and O–H groups in total. The van der Waals surface area contributed by atoms with Gasteiger partial charge in [0.05, 0.1) is 0 Å². The van der Waals surface area contributed by atoms with Crippen molar-refractivity contribution in [1.82, 2.24) is 4.90 Å². The van der Waals surface area contributed by atoms with Crippen molar-refractivity contribution in [2.24, 2.45) is 0 Å². The fraction of sp³-hybridized carbons (Fsp3) is 0.409. The molecule has 3 atom stereocenters. The Morgan fingerprint density at radius 2 is 1.79 bits per heavy atom. The summed E-state index contributed by atoms with van der Waals surface area (Å²) in [5.74, 6) is 2.85. The molecule has 2 aromatic carbocycles. The van der Waals surface area contributed by atoms with E-state index >= 15 is 0 Å². The molecular weight excluding hydrogens is 374 g/mol. The summed E-state index contributed by atoms with van der Waals surface area (Å²) in [4.78, 5) is 14.2. The van der Waals surface area contributed by atoms with Crippen LogP contribution in [-0.4, -0.2) is 37.6 Å². The number of fused-ring (bicyclic) bond motifs is 8. The molecule has 0 unspecified atom stereocenters. The van der Waals surface area contributed by atoms with Gasteiger partial charge in [-0.25, -0.2) is 0 Å². The first-order chi connectivity index (χ1) is 14.1. The molecule has 0 spiro atoms. The molecule has 0 bridgehead atoms. The van der Waals surface area contributed by atoms with Crippen molar-refractivity contribution in [3.05, 3.63) is 46.5 Å². The molecule has 3 heterocycles. The fourth-order valence-corrected chi connectivity index (χ4v) is 5.27. The minimum atomic E-state index is -0.271. The molecule has 1 aliphatic carbocycles. The van der Waals surface area contributed by atoms with E-state index in [4.69, 9.17) is 23.7 Å². The average molecular weight is 395 g/mol. The van der Waals surface area contributed by atoms with Gasteiger partial charge in [0.1, 0.15) is 6.10 Å². The number of nitrogens with zero attached hydrogens (tertiary/aromatic N) is 1. The highest BCUT2D eigenvalue weighted by atomic mass is 16.7. The van der Waals surface area contributed by atoms with Gasteiger partial charge >= 0.3 is 5.97 Å². The number of rotatable bonds is 1. The van der Waals surface area contributed by atoms with Crippen LogP contribution in [0.25, 0.3) is 0 Å². The molecule has 6 rings (SSSR count). The van der Waals surface area contributed by atoms with Gasteiger partial charge in [-0.1, -0.05) is 6.07 Å². The first kappa shape index (κ1) is 17.0. The number of ether oxygens (including phenoxy) is 5.